The third-order valence-corrected chi connectivity index (χ3v) is 5.06. The topological polar surface area (TPSA) is 80.4 Å². The predicted octanol–water partition coefficient (Wildman–Crippen LogP) is 3.03. The van der Waals surface area contributed by atoms with Crippen LogP contribution in [0.15, 0.2) is 18.2 Å². The Morgan fingerprint density at radius 2 is 2.06 bits per heavy atom. The van der Waals surface area contributed by atoms with E-state index in [2.05, 4.69) is 31.9 Å². The van der Waals surface area contributed by atoms with Crippen LogP contribution in [-0.2, 0) is 13.6 Å². The average molecular weight is 373 g/mol. The normalized spacial score (nSPS) is 13.5. The molecule has 0 saturated carbocycles. The van der Waals surface area contributed by atoms with E-state index in [9.17, 15) is 14.3 Å². The molecule has 1 aromatic carbocycles. The van der Waals surface area contributed by atoms with Crippen molar-refractivity contribution in [3.63, 3.8) is 0 Å². The summed E-state index contributed by atoms with van der Waals surface area (Å²) < 4.78 is 18.6. The molecule has 1 rings (SSSR count). The summed E-state index contributed by atoms with van der Waals surface area (Å²) in [5, 5.41) is 10.8. The summed E-state index contributed by atoms with van der Waals surface area (Å²) in [4.78, 5) is 10.2. The second kappa shape index (κ2) is 4.91. The highest BCUT2D eigenvalue weighted by Crippen LogP contribution is 2.44. The lowest BCUT2D eigenvalue weighted by molar-refractivity contribution is -0.385. The molecule has 1 unspecified atom stereocenters. The van der Waals surface area contributed by atoms with Crippen LogP contribution in [0.1, 0.15) is 11.1 Å². The summed E-state index contributed by atoms with van der Waals surface area (Å²) in [5.74, 6) is 0. The number of aryl methyl sites for hydroxylation is 1. The first-order valence-corrected chi connectivity index (χ1v) is 6.70. The number of halogens is 2. The molecular weight excluding hydrogens is 366 g/mol. The largest absolute Gasteiger partial charge is 0.304 e. The Hall–Kier alpha value is -0.310. The lowest BCUT2D eigenvalue weighted by Crippen LogP contribution is -2.17. The van der Waals surface area contributed by atoms with Crippen molar-refractivity contribution in [2.75, 3.05) is 0 Å². The summed E-state index contributed by atoms with van der Waals surface area (Å²) in [7, 11) is 0. The highest BCUT2D eigenvalue weighted by atomic mass is 79.9. The first-order chi connectivity index (χ1) is 7.26. The number of hydrogen-bond donors (Lipinski definition) is 1. The lowest BCUT2D eigenvalue weighted by atomic mass is 10.1. The van der Waals surface area contributed by atoms with E-state index >= 15 is 0 Å². The zero-order chi connectivity index (χ0) is 12.5. The van der Waals surface area contributed by atoms with E-state index < -0.39 is 18.6 Å². The zero-order valence-electron chi connectivity index (χ0n) is 8.02. The Morgan fingerprint density at radius 3 is 2.50 bits per heavy atom. The van der Waals surface area contributed by atoms with E-state index in [1.165, 1.54) is 12.1 Å². The molecule has 0 radical (unpaired) electrons. The van der Waals surface area contributed by atoms with Crippen molar-refractivity contribution in [2.45, 2.75) is 9.49 Å². The molecule has 0 bridgehead atoms. The fraction of sp³-hybridized carbons (Fsp3) is 0.250. The molecule has 1 atom stereocenters. The van der Waals surface area contributed by atoms with E-state index in [4.69, 9.17) is 4.55 Å². The Bertz CT molecular complexity index is 463. The van der Waals surface area contributed by atoms with Crippen LogP contribution in [0.25, 0.3) is 0 Å². The maximum atomic E-state index is 11.1. The Labute approximate surface area is 111 Å². The highest BCUT2D eigenvalue weighted by molar-refractivity contribution is 9.27. The first kappa shape index (κ1) is 13.8. The molecule has 16 heavy (non-hydrogen) atoms. The maximum absolute atomic E-state index is 11.1. The Kier molecular flexibility index (Phi) is 4.22. The van der Waals surface area contributed by atoms with Gasteiger partial charge in [0.1, 0.15) is 0 Å². The van der Waals surface area contributed by atoms with Crippen LogP contribution in [0, 0.1) is 17.0 Å². The average Bonchev–Trinajstić information content (AvgIpc) is 2.16. The second-order valence-corrected chi connectivity index (χ2v) is 8.65. The molecule has 0 aromatic heterocycles. The molecule has 0 aliphatic rings. The van der Waals surface area contributed by atoms with Gasteiger partial charge in [0.25, 0.3) is 5.69 Å². The van der Waals surface area contributed by atoms with Gasteiger partial charge in [-0.1, -0.05) is 6.07 Å². The second-order valence-electron chi connectivity index (χ2n) is 3.04. The number of benzene rings is 1. The van der Waals surface area contributed by atoms with E-state index in [1.54, 1.807) is 13.0 Å². The van der Waals surface area contributed by atoms with Crippen LogP contribution in [-0.4, -0.2) is 13.7 Å². The van der Waals surface area contributed by atoms with Crippen LogP contribution < -0.4 is 0 Å². The Morgan fingerprint density at radius 1 is 1.50 bits per heavy atom. The van der Waals surface area contributed by atoms with Gasteiger partial charge in [-0.3, -0.25) is 10.1 Å². The van der Waals surface area contributed by atoms with Crippen LogP contribution in [0.2, 0.25) is 0 Å². The van der Waals surface area contributed by atoms with Gasteiger partial charge >= 0.3 is 0 Å². The van der Waals surface area contributed by atoms with Crippen molar-refractivity contribution in [1.29, 1.82) is 0 Å². The van der Waals surface area contributed by atoms with Crippen molar-refractivity contribution >= 4 is 48.6 Å². The van der Waals surface area contributed by atoms with E-state index in [1.807, 2.05) is 0 Å². The molecule has 0 aliphatic heterocycles. The van der Waals surface area contributed by atoms with Crippen molar-refractivity contribution in [3.8, 4) is 0 Å². The van der Waals surface area contributed by atoms with E-state index in [0.717, 1.165) is 0 Å². The third kappa shape index (κ3) is 2.68. The summed E-state index contributed by atoms with van der Waals surface area (Å²) in [5.41, 5.74) is 0.593. The van der Waals surface area contributed by atoms with Gasteiger partial charge in [-0.25, -0.2) is 4.21 Å². The number of nitro benzene ring substituents is 1. The highest BCUT2D eigenvalue weighted by Gasteiger charge is 2.38. The SMILES string of the molecule is Cc1ccc(C(Br)(Br)S(=O)O)c([N+](=O)[O-])c1. The first-order valence-electron chi connectivity index (χ1n) is 4.01. The van der Waals surface area contributed by atoms with Gasteiger partial charge < -0.3 is 4.55 Å². The molecule has 88 valence electrons. The number of hydrogen-bond acceptors (Lipinski definition) is 3. The minimum absolute atomic E-state index is 0.101. The maximum Gasteiger partial charge on any atom is 0.276 e. The standard InChI is InChI=1S/C8H7Br2NO4S/c1-5-2-3-6(7(4-5)11(12)13)8(9,10)16(14)15/h2-4H,1H3,(H,14,15). The molecule has 5 nitrogen and oxygen atoms in total. The quantitative estimate of drug-likeness (QED) is 0.382. The fourth-order valence-corrected chi connectivity index (χ4v) is 2.16. The van der Waals surface area contributed by atoms with E-state index in [0.29, 0.717) is 5.56 Å². The van der Waals surface area contributed by atoms with Crippen molar-refractivity contribution in [3.05, 3.63) is 39.4 Å². The fourth-order valence-electron chi connectivity index (χ4n) is 1.13. The van der Waals surface area contributed by atoms with Crippen LogP contribution in [0.5, 0.6) is 0 Å². The molecular formula is C8H7Br2NO4S. The minimum Gasteiger partial charge on any atom is -0.304 e. The van der Waals surface area contributed by atoms with Gasteiger partial charge in [-0.05, 0) is 50.4 Å². The van der Waals surface area contributed by atoms with Gasteiger partial charge in [-0.15, -0.1) is 0 Å². The van der Waals surface area contributed by atoms with Crippen molar-refractivity contribution < 1.29 is 13.7 Å². The molecule has 8 heteroatoms. The number of nitro groups is 1. The molecule has 1 aromatic rings. The number of rotatable bonds is 3. The van der Waals surface area contributed by atoms with Gasteiger partial charge in [-0.2, -0.15) is 0 Å². The summed E-state index contributed by atoms with van der Waals surface area (Å²) in [6.07, 6.45) is 0. The van der Waals surface area contributed by atoms with Gasteiger partial charge in [0, 0.05) is 6.07 Å². The van der Waals surface area contributed by atoms with Crippen LogP contribution >= 0.6 is 31.9 Å². The molecule has 0 aliphatic carbocycles. The summed E-state index contributed by atoms with van der Waals surface area (Å²) >= 11 is 3.59. The van der Waals surface area contributed by atoms with Gasteiger partial charge in [0.05, 0.1) is 10.5 Å². The minimum atomic E-state index is -2.33. The number of nitrogens with zero attached hydrogens (tertiary/aromatic N) is 1. The van der Waals surface area contributed by atoms with E-state index in [-0.39, 0.29) is 11.3 Å². The molecule has 0 amide bonds. The van der Waals surface area contributed by atoms with Crippen molar-refractivity contribution in [2.24, 2.45) is 0 Å². The van der Waals surface area contributed by atoms with Gasteiger partial charge in [0.2, 0.25) is 2.57 Å². The van der Waals surface area contributed by atoms with Crippen LogP contribution in [0.3, 0.4) is 0 Å². The van der Waals surface area contributed by atoms with Crippen LogP contribution in [0.4, 0.5) is 5.69 Å². The number of alkyl halides is 2. The predicted molar refractivity (Wildman–Crippen MR) is 68.1 cm³/mol. The molecule has 0 heterocycles. The molecule has 0 saturated heterocycles. The lowest BCUT2D eigenvalue weighted by Gasteiger charge is -2.16. The zero-order valence-corrected chi connectivity index (χ0v) is 12.0. The van der Waals surface area contributed by atoms with Crippen molar-refractivity contribution in [1.82, 2.24) is 0 Å². The monoisotopic (exact) mass is 371 g/mol. The molecule has 0 fully saturated rings. The smallest absolute Gasteiger partial charge is 0.276 e. The third-order valence-electron chi connectivity index (χ3n) is 1.88. The molecule has 0 spiro atoms. The van der Waals surface area contributed by atoms with Gasteiger partial charge in [0.15, 0.2) is 11.1 Å². The summed E-state index contributed by atoms with van der Waals surface area (Å²) in [6, 6.07) is 4.41. The Balaban J connectivity index is 3.45. The molecule has 1 N–H and O–H groups in total. The summed E-state index contributed by atoms with van der Waals surface area (Å²) in [6.45, 7) is 1.71.